The van der Waals surface area contributed by atoms with Gasteiger partial charge in [0, 0.05) is 35.7 Å². The Kier molecular flexibility index (Phi) is 7.33. The molecule has 174 valence electrons. The summed E-state index contributed by atoms with van der Waals surface area (Å²) in [6.07, 6.45) is 6.23. The Morgan fingerprint density at radius 1 is 1.09 bits per heavy atom. The van der Waals surface area contributed by atoms with Gasteiger partial charge in [-0.1, -0.05) is 30.7 Å². The molecule has 0 aliphatic carbocycles. The molecule has 5 nitrogen and oxygen atoms in total. The quantitative estimate of drug-likeness (QED) is 0.330. The first-order valence-corrected chi connectivity index (χ1v) is 12.1. The number of benzene rings is 2. The number of hydrogen-bond donors (Lipinski definition) is 2. The van der Waals surface area contributed by atoms with E-state index in [0.29, 0.717) is 11.7 Å². The van der Waals surface area contributed by atoms with Crippen LogP contribution in [0.4, 0.5) is 19.3 Å². The number of halogens is 2. The van der Waals surface area contributed by atoms with Crippen LogP contribution in [0.2, 0.25) is 0 Å². The predicted octanol–water partition coefficient (Wildman–Crippen LogP) is 4.82. The van der Waals surface area contributed by atoms with Gasteiger partial charge in [-0.05, 0) is 48.7 Å². The number of hydrogen-bond acceptors (Lipinski definition) is 3. The second kappa shape index (κ2) is 10.4. The third kappa shape index (κ3) is 5.55. The van der Waals surface area contributed by atoms with Crippen LogP contribution in [0, 0.1) is 11.6 Å². The number of nitrogens with zero attached hydrogens (tertiary/aromatic N) is 1. The lowest BCUT2D eigenvalue weighted by Crippen LogP contribution is -2.36. The highest BCUT2D eigenvalue weighted by Gasteiger charge is 2.42. The zero-order valence-electron chi connectivity index (χ0n) is 18.4. The molecule has 2 aromatic rings. The van der Waals surface area contributed by atoms with Crippen molar-refractivity contribution in [3.63, 3.8) is 0 Å². The van der Waals surface area contributed by atoms with Gasteiger partial charge in [0.25, 0.3) is 0 Å². The molecule has 2 N–H and O–H groups in total. The van der Waals surface area contributed by atoms with Crippen LogP contribution in [0.1, 0.15) is 36.8 Å². The van der Waals surface area contributed by atoms with Crippen molar-refractivity contribution in [2.75, 3.05) is 17.7 Å². The summed E-state index contributed by atoms with van der Waals surface area (Å²) in [6.45, 7) is 0. The number of anilines is 1. The second-order valence-electron chi connectivity index (χ2n) is 8.38. The SMILES string of the molecule is CN(C(=O)CCCCC1SCC2NC(=O)NC21)c1ccc(/C=C/c2c(F)cccc2F)cc1. The minimum absolute atomic E-state index is 0.0412. The fourth-order valence-corrected chi connectivity index (χ4v) is 5.78. The summed E-state index contributed by atoms with van der Waals surface area (Å²) >= 11 is 1.88. The molecule has 2 aliphatic heterocycles. The Hall–Kier alpha value is -2.87. The maximum absolute atomic E-state index is 13.7. The minimum Gasteiger partial charge on any atom is -0.332 e. The number of rotatable bonds is 8. The topological polar surface area (TPSA) is 61.4 Å². The lowest BCUT2D eigenvalue weighted by molar-refractivity contribution is -0.118. The smallest absolute Gasteiger partial charge is 0.315 e. The van der Waals surface area contributed by atoms with Gasteiger partial charge in [-0.2, -0.15) is 11.8 Å². The molecule has 2 aromatic carbocycles. The molecule has 3 unspecified atom stereocenters. The number of thioether (sulfide) groups is 1. The summed E-state index contributed by atoms with van der Waals surface area (Å²) in [5, 5.41) is 6.34. The highest BCUT2D eigenvalue weighted by Crippen LogP contribution is 2.33. The van der Waals surface area contributed by atoms with Crippen molar-refractivity contribution in [1.82, 2.24) is 10.6 Å². The van der Waals surface area contributed by atoms with E-state index in [2.05, 4.69) is 10.6 Å². The largest absolute Gasteiger partial charge is 0.332 e. The Balaban J connectivity index is 1.24. The number of carbonyl (C=O) groups excluding carboxylic acids is 2. The molecule has 0 aromatic heterocycles. The summed E-state index contributed by atoms with van der Waals surface area (Å²) in [5.41, 5.74) is 1.47. The van der Waals surface area contributed by atoms with E-state index in [-0.39, 0.29) is 29.6 Å². The van der Waals surface area contributed by atoms with Gasteiger partial charge < -0.3 is 15.5 Å². The van der Waals surface area contributed by atoms with Gasteiger partial charge in [0.2, 0.25) is 5.91 Å². The molecule has 3 amide bonds. The van der Waals surface area contributed by atoms with Crippen molar-refractivity contribution in [2.45, 2.75) is 43.0 Å². The van der Waals surface area contributed by atoms with Crippen LogP contribution < -0.4 is 15.5 Å². The van der Waals surface area contributed by atoms with Crippen molar-refractivity contribution >= 4 is 41.5 Å². The number of unbranched alkanes of at least 4 members (excludes halogenated alkanes) is 1. The average Bonchev–Trinajstić information content (AvgIpc) is 3.35. The van der Waals surface area contributed by atoms with Crippen LogP contribution >= 0.6 is 11.8 Å². The molecule has 2 aliphatic rings. The molecule has 0 spiro atoms. The predicted molar refractivity (Wildman–Crippen MR) is 129 cm³/mol. The zero-order chi connectivity index (χ0) is 23.4. The lowest BCUT2D eigenvalue weighted by atomic mass is 10.0. The third-order valence-corrected chi connectivity index (χ3v) is 7.67. The molecule has 4 rings (SSSR count). The van der Waals surface area contributed by atoms with Crippen LogP contribution in [-0.4, -0.2) is 42.1 Å². The number of urea groups is 1. The molecular formula is C25H27F2N3O2S. The Morgan fingerprint density at radius 2 is 1.82 bits per heavy atom. The molecule has 33 heavy (non-hydrogen) atoms. The van der Waals surface area contributed by atoms with Gasteiger partial charge in [0.05, 0.1) is 12.1 Å². The maximum atomic E-state index is 13.7. The van der Waals surface area contributed by atoms with Crippen LogP contribution in [-0.2, 0) is 4.79 Å². The highest BCUT2D eigenvalue weighted by molar-refractivity contribution is 8.00. The number of nitrogens with one attached hydrogen (secondary N) is 2. The van der Waals surface area contributed by atoms with E-state index in [1.165, 1.54) is 24.3 Å². The average molecular weight is 472 g/mol. The van der Waals surface area contributed by atoms with Crippen molar-refractivity contribution in [3.8, 4) is 0 Å². The standard InChI is InChI=1S/C25H27F2N3O2S/c1-30(23(31)8-3-2-7-22-24-21(15-33-22)28-25(32)29-24)17-12-9-16(10-13-17)11-14-18-19(26)5-4-6-20(18)27/h4-6,9-14,21-22,24H,2-3,7-8,15H2,1H3,(H2,28,29,32)/b14-11+. The third-order valence-electron chi connectivity index (χ3n) is 6.16. The number of carbonyl (C=O) groups is 2. The Morgan fingerprint density at radius 3 is 2.55 bits per heavy atom. The summed E-state index contributed by atoms with van der Waals surface area (Å²) in [6, 6.07) is 11.4. The van der Waals surface area contributed by atoms with E-state index in [4.69, 9.17) is 0 Å². The fraction of sp³-hybridized carbons (Fsp3) is 0.360. The Labute approximate surface area is 196 Å². The first-order chi connectivity index (χ1) is 15.9. The Bertz CT molecular complexity index is 1020. The van der Waals surface area contributed by atoms with E-state index in [1.807, 2.05) is 36.0 Å². The van der Waals surface area contributed by atoms with Crippen LogP contribution in [0.5, 0.6) is 0 Å². The summed E-state index contributed by atoms with van der Waals surface area (Å²) in [4.78, 5) is 25.7. The highest BCUT2D eigenvalue weighted by atomic mass is 32.2. The maximum Gasteiger partial charge on any atom is 0.315 e. The first-order valence-electron chi connectivity index (χ1n) is 11.1. The zero-order valence-corrected chi connectivity index (χ0v) is 19.2. The summed E-state index contributed by atoms with van der Waals surface area (Å²) in [5.74, 6) is -0.233. The molecule has 0 radical (unpaired) electrons. The molecule has 8 heteroatoms. The normalized spacial score (nSPS) is 21.7. The molecule has 2 fully saturated rings. The van der Waals surface area contributed by atoms with E-state index in [9.17, 15) is 18.4 Å². The van der Waals surface area contributed by atoms with Gasteiger partial charge in [0.1, 0.15) is 11.6 Å². The van der Waals surface area contributed by atoms with Gasteiger partial charge in [-0.3, -0.25) is 4.79 Å². The van der Waals surface area contributed by atoms with Crippen LogP contribution in [0.25, 0.3) is 12.2 Å². The lowest BCUT2D eigenvalue weighted by Gasteiger charge is -2.19. The molecule has 2 saturated heterocycles. The molecule has 0 saturated carbocycles. The molecule has 3 atom stereocenters. The summed E-state index contributed by atoms with van der Waals surface area (Å²) in [7, 11) is 1.75. The van der Waals surface area contributed by atoms with E-state index < -0.39 is 11.6 Å². The van der Waals surface area contributed by atoms with Crippen LogP contribution in [0.15, 0.2) is 42.5 Å². The number of fused-ring (bicyclic) bond motifs is 1. The summed E-state index contributed by atoms with van der Waals surface area (Å²) < 4.78 is 27.5. The van der Waals surface area contributed by atoms with E-state index >= 15 is 0 Å². The van der Waals surface area contributed by atoms with Gasteiger partial charge in [-0.25, -0.2) is 13.6 Å². The van der Waals surface area contributed by atoms with Crippen molar-refractivity contribution in [3.05, 3.63) is 65.2 Å². The molecule has 0 bridgehead atoms. The van der Waals surface area contributed by atoms with Crippen molar-refractivity contribution < 1.29 is 18.4 Å². The van der Waals surface area contributed by atoms with E-state index in [0.717, 1.165) is 36.3 Å². The number of amides is 3. The van der Waals surface area contributed by atoms with Gasteiger partial charge >= 0.3 is 6.03 Å². The van der Waals surface area contributed by atoms with Crippen LogP contribution in [0.3, 0.4) is 0 Å². The fourth-order valence-electron chi connectivity index (χ4n) is 4.23. The molecule has 2 heterocycles. The van der Waals surface area contributed by atoms with Gasteiger partial charge in [0.15, 0.2) is 0 Å². The second-order valence-corrected chi connectivity index (χ2v) is 9.65. The monoisotopic (exact) mass is 471 g/mol. The van der Waals surface area contributed by atoms with Gasteiger partial charge in [-0.15, -0.1) is 0 Å². The van der Waals surface area contributed by atoms with Crippen molar-refractivity contribution in [2.24, 2.45) is 0 Å². The minimum atomic E-state index is -0.607. The van der Waals surface area contributed by atoms with E-state index in [1.54, 1.807) is 18.0 Å². The van der Waals surface area contributed by atoms with Crippen molar-refractivity contribution in [1.29, 1.82) is 0 Å². The molecular weight excluding hydrogens is 444 g/mol. The first kappa shape index (κ1) is 23.3.